The van der Waals surface area contributed by atoms with E-state index >= 15 is 0 Å². The molecule has 3 rings (SSSR count). The van der Waals surface area contributed by atoms with E-state index in [1.807, 2.05) is 6.92 Å². The third-order valence-electron chi connectivity index (χ3n) is 4.05. The van der Waals surface area contributed by atoms with Crippen molar-refractivity contribution in [3.63, 3.8) is 0 Å². The summed E-state index contributed by atoms with van der Waals surface area (Å²) in [5.74, 6) is -1.09. The number of aromatic hydroxyl groups is 1. The number of aryl methyl sites for hydroxylation is 1. The van der Waals surface area contributed by atoms with Gasteiger partial charge < -0.3 is 16.2 Å². The summed E-state index contributed by atoms with van der Waals surface area (Å²) in [6.07, 6.45) is 0. The number of rotatable bonds is 3. The van der Waals surface area contributed by atoms with Gasteiger partial charge >= 0.3 is 0 Å². The lowest BCUT2D eigenvalue weighted by molar-refractivity contribution is 0.102. The van der Waals surface area contributed by atoms with Crippen LogP contribution in [-0.2, 0) is 10.1 Å². The zero-order chi connectivity index (χ0) is 19.1. The zero-order valence-corrected chi connectivity index (χ0v) is 14.5. The van der Waals surface area contributed by atoms with Gasteiger partial charge in [0, 0.05) is 22.0 Å². The largest absolute Gasteiger partial charge is 0.506 e. The summed E-state index contributed by atoms with van der Waals surface area (Å²) in [6, 6.07) is 12.2. The van der Waals surface area contributed by atoms with Gasteiger partial charge in [0.1, 0.15) is 10.6 Å². The van der Waals surface area contributed by atoms with Crippen LogP contribution in [-0.4, -0.2) is 24.0 Å². The second-order valence-corrected chi connectivity index (χ2v) is 7.21. The third kappa shape index (κ3) is 3.19. The van der Waals surface area contributed by atoms with Gasteiger partial charge in [-0.2, -0.15) is 8.42 Å². The molecule has 0 aliphatic carbocycles. The summed E-state index contributed by atoms with van der Waals surface area (Å²) in [5, 5.41) is 13.4. The molecule has 7 nitrogen and oxygen atoms in total. The Kier molecular flexibility index (Phi) is 4.31. The molecule has 0 fully saturated rings. The van der Waals surface area contributed by atoms with Crippen molar-refractivity contribution in [2.75, 3.05) is 11.1 Å². The first kappa shape index (κ1) is 17.7. The molecule has 3 aromatic carbocycles. The molecule has 134 valence electrons. The number of amides is 1. The lowest BCUT2D eigenvalue weighted by Crippen LogP contribution is -2.13. The molecule has 1 amide bonds. The fraction of sp³-hybridized carbons (Fsp3) is 0.0556. The van der Waals surface area contributed by atoms with E-state index in [0.717, 1.165) is 11.6 Å². The monoisotopic (exact) mass is 372 g/mol. The van der Waals surface area contributed by atoms with Crippen molar-refractivity contribution in [3.05, 3.63) is 59.7 Å². The van der Waals surface area contributed by atoms with Crippen molar-refractivity contribution in [2.24, 2.45) is 0 Å². The van der Waals surface area contributed by atoms with Crippen LogP contribution in [0.15, 0.2) is 53.4 Å². The highest BCUT2D eigenvalue weighted by Crippen LogP contribution is 2.37. The lowest BCUT2D eigenvalue weighted by Gasteiger charge is -2.13. The molecule has 0 aliphatic heterocycles. The smallest absolute Gasteiger partial charge is 0.298 e. The first-order valence-electron chi connectivity index (χ1n) is 7.58. The van der Waals surface area contributed by atoms with E-state index in [-0.39, 0.29) is 11.1 Å². The number of nitrogens with two attached hydrogens (primary N) is 1. The fourth-order valence-corrected chi connectivity index (χ4v) is 3.23. The quantitative estimate of drug-likeness (QED) is 0.318. The molecule has 0 spiro atoms. The molecule has 0 saturated heterocycles. The Morgan fingerprint density at radius 3 is 2.35 bits per heavy atom. The Hall–Kier alpha value is -3.10. The highest BCUT2D eigenvalue weighted by molar-refractivity contribution is 7.86. The summed E-state index contributed by atoms with van der Waals surface area (Å²) >= 11 is 0. The number of anilines is 2. The van der Waals surface area contributed by atoms with E-state index in [1.54, 1.807) is 30.3 Å². The van der Waals surface area contributed by atoms with Gasteiger partial charge in [0.15, 0.2) is 0 Å². The number of hydrogen-bond acceptors (Lipinski definition) is 5. The van der Waals surface area contributed by atoms with Gasteiger partial charge in [0.25, 0.3) is 16.0 Å². The summed E-state index contributed by atoms with van der Waals surface area (Å²) < 4.78 is 32.5. The minimum absolute atomic E-state index is 0.134. The zero-order valence-electron chi connectivity index (χ0n) is 13.7. The van der Waals surface area contributed by atoms with Crippen LogP contribution in [0.3, 0.4) is 0 Å². The Labute approximate surface area is 149 Å². The predicted molar refractivity (Wildman–Crippen MR) is 99.0 cm³/mol. The molecule has 0 atom stereocenters. The maximum atomic E-state index is 12.5. The van der Waals surface area contributed by atoms with Gasteiger partial charge in [-0.05, 0) is 30.7 Å². The fourth-order valence-electron chi connectivity index (χ4n) is 2.61. The van der Waals surface area contributed by atoms with Crippen LogP contribution in [0, 0.1) is 6.92 Å². The molecule has 8 heteroatoms. The Morgan fingerprint density at radius 1 is 1.08 bits per heavy atom. The Morgan fingerprint density at radius 2 is 1.73 bits per heavy atom. The van der Waals surface area contributed by atoms with E-state index < -0.39 is 26.7 Å². The summed E-state index contributed by atoms with van der Waals surface area (Å²) in [4.78, 5) is 11.8. The molecule has 0 heterocycles. The highest BCUT2D eigenvalue weighted by atomic mass is 32.2. The Balaban J connectivity index is 2.13. The molecule has 0 aliphatic rings. The average molecular weight is 372 g/mol. The number of phenols is 1. The topological polar surface area (TPSA) is 130 Å². The average Bonchev–Trinajstić information content (AvgIpc) is 2.58. The second-order valence-electron chi connectivity index (χ2n) is 5.82. The molecule has 0 aromatic heterocycles. The van der Waals surface area contributed by atoms with E-state index in [1.165, 1.54) is 12.1 Å². The molecule has 26 heavy (non-hydrogen) atoms. The number of carbonyl (C=O) groups is 1. The number of hydrogen-bond donors (Lipinski definition) is 4. The van der Waals surface area contributed by atoms with Gasteiger partial charge in [-0.1, -0.05) is 30.3 Å². The Bertz CT molecular complexity index is 1140. The first-order valence-corrected chi connectivity index (χ1v) is 9.02. The van der Waals surface area contributed by atoms with Crippen molar-refractivity contribution in [1.29, 1.82) is 0 Å². The summed E-state index contributed by atoms with van der Waals surface area (Å²) in [6.45, 7) is 1.81. The van der Waals surface area contributed by atoms with E-state index in [4.69, 9.17) is 5.73 Å². The van der Waals surface area contributed by atoms with Crippen LogP contribution in [0.5, 0.6) is 5.75 Å². The van der Waals surface area contributed by atoms with E-state index in [9.17, 15) is 22.9 Å². The standard InChI is InChI=1S/C18H16N2O5S/c1-10-6-7-11(8-14(10)19)18(22)20-15-9-16(26(23,24)25)17(21)13-5-3-2-4-12(13)15/h2-9,21H,19H2,1H3,(H,20,22)(H,23,24,25). The van der Waals surface area contributed by atoms with E-state index in [0.29, 0.717) is 16.6 Å². The van der Waals surface area contributed by atoms with E-state index in [2.05, 4.69) is 5.32 Å². The number of benzene rings is 3. The molecule has 5 N–H and O–H groups in total. The third-order valence-corrected chi connectivity index (χ3v) is 4.92. The van der Waals surface area contributed by atoms with Gasteiger partial charge in [-0.15, -0.1) is 0 Å². The van der Waals surface area contributed by atoms with Crippen molar-refractivity contribution in [2.45, 2.75) is 11.8 Å². The molecule has 0 bridgehead atoms. The molecular weight excluding hydrogens is 356 g/mol. The minimum Gasteiger partial charge on any atom is -0.506 e. The predicted octanol–water partition coefficient (Wildman–Crippen LogP) is 2.94. The van der Waals surface area contributed by atoms with Gasteiger partial charge in [0.05, 0.1) is 5.69 Å². The van der Waals surface area contributed by atoms with Gasteiger partial charge in [-0.25, -0.2) is 0 Å². The van der Waals surface area contributed by atoms with Crippen LogP contribution in [0.4, 0.5) is 11.4 Å². The molecule has 0 unspecified atom stereocenters. The molecule has 0 radical (unpaired) electrons. The number of carbonyl (C=O) groups excluding carboxylic acids is 1. The number of phenolic OH excluding ortho intramolecular Hbond substituents is 1. The van der Waals surface area contributed by atoms with Crippen molar-refractivity contribution >= 4 is 38.2 Å². The van der Waals surface area contributed by atoms with Crippen LogP contribution >= 0.6 is 0 Å². The van der Waals surface area contributed by atoms with Crippen molar-refractivity contribution in [1.82, 2.24) is 0 Å². The second kappa shape index (κ2) is 6.32. The number of fused-ring (bicyclic) bond motifs is 1. The van der Waals surface area contributed by atoms with Gasteiger partial charge in [0.2, 0.25) is 0 Å². The summed E-state index contributed by atoms with van der Waals surface area (Å²) in [5.41, 5.74) is 7.52. The lowest BCUT2D eigenvalue weighted by atomic mass is 10.1. The minimum atomic E-state index is -4.68. The van der Waals surface area contributed by atoms with Crippen LogP contribution in [0.1, 0.15) is 15.9 Å². The van der Waals surface area contributed by atoms with Crippen LogP contribution in [0.25, 0.3) is 10.8 Å². The first-order chi connectivity index (χ1) is 12.2. The van der Waals surface area contributed by atoms with Crippen molar-refractivity contribution in [3.8, 4) is 5.75 Å². The molecule has 0 saturated carbocycles. The summed E-state index contributed by atoms with van der Waals surface area (Å²) in [7, 11) is -4.68. The highest BCUT2D eigenvalue weighted by Gasteiger charge is 2.21. The van der Waals surface area contributed by atoms with Crippen LogP contribution in [0.2, 0.25) is 0 Å². The van der Waals surface area contributed by atoms with Crippen LogP contribution < -0.4 is 11.1 Å². The molecular formula is C18H16N2O5S. The number of nitrogen functional groups attached to an aromatic ring is 1. The van der Waals surface area contributed by atoms with Gasteiger partial charge in [-0.3, -0.25) is 9.35 Å². The SMILES string of the molecule is Cc1ccc(C(=O)Nc2cc(S(=O)(=O)O)c(O)c3ccccc23)cc1N. The van der Waals surface area contributed by atoms with Crippen molar-refractivity contribution < 1.29 is 22.9 Å². The maximum absolute atomic E-state index is 12.5. The normalized spacial score (nSPS) is 11.5. The number of nitrogens with one attached hydrogen (secondary N) is 1. The molecule has 3 aromatic rings. The maximum Gasteiger partial charge on any atom is 0.298 e.